The molecule has 0 N–H and O–H groups in total. The minimum Gasteiger partial charge on any atom is -0.234 e. The minimum atomic E-state index is 0.518. The van der Waals surface area contributed by atoms with Gasteiger partial charge in [0.15, 0.2) is 0 Å². The van der Waals surface area contributed by atoms with Crippen LogP contribution < -0.4 is 4.57 Å². The summed E-state index contributed by atoms with van der Waals surface area (Å²) in [5, 5.41) is 0. The number of rotatable bonds is 26. The summed E-state index contributed by atoms with van der Waals surface area (Å²) in [4.78, 5) is 0. The molecule has 0 aliphatic rings. The van der Waals surface area contributed by atoms with Crippen LogP contribution in [0.1, 0.15) is 171 Å². The molecule has 0 fully saturated rings. The zero-order chi connectivity index (χ0) is 31.1. The molecule has 0 spiro atoms. The van der Waals surface area contributed by atoms with Crippen LogP contribution in [0.25, 0.3) is 0 Å². The van der Waals surface area contributed by atoms with E-state index in [1.807, 2.05) is 0 Å². The van der Waals surface area contributed by atoms with Gasteiger partial charge in [0.05, 0.1) is 19.5 Å². The normalized spacial score (nSPS) is 12.2. The SMILES string of the molecule is CCCCCCCCCCCCCCCCCC[n+]1c(CC(C)c2ccccc2)cn(CCCCC)c1Cc1ccccc1. The first kappa shape index (κ1) is 36.1. The fraction of sp³-hybridized carbons (Fsp3) is 0.643. The number of imidazole rings is 1. The van der Waals surface area contributed by atoms with Crippen LogP contribution in [-0.2, 0) is 25.9 Å². The van der Waals surface area contributed by atoms with E-state index in [0.29, 0.717) is 5.92 Å². The maximum absolute atomic E-state index is 2.72. The monoisotopic (exact) mass is 600 g/mol. The Morgan fingerprint density at radius 1 is 0.568 bits per heavy atom. The lowest BCUT2D eigenvalue weighted by Gasteiger charge is -2.12. The molecule has 3 aromatic rings. The highest BCUT2D eigenvalue weighted by molar-refractivity contribution is 5.21. The van der Waals surface area contributed by atoms with E-state index in [9.17, 15) is 0 Å². The molecule has 1 unspecified atom stereocenters. The Labute approximate surface area is 272 Å². The summed E-state index contributed by atoms with van der Waals surface area (Å²) in [6.07, 6.45) is 31.2. The summed E-state index contributed by atoms with van der Waals surface area (Å²) in [5.41, 5.74) is 4.39. The van der Waals surface area contributed by atoms with E-state index in [0.717, 1.165) is 25.9 Å². The second-order valence-corrected chi connectivity index (χ2v) is 13.6. The lowest BCUT2D eigenvalue weighted by Crippen LogP contribution is -2.41. The Morgan fingerprint density at radius 2 is 1.05 bits per heavy atom. The van der Waals surface area contributed by atoms with E-state index >= 15 is 0 Å². The molecular weight excluding hydrogens is 532 g/mol. The lowest BCUT2D eigenvalue weighted by molar-refractivity contribution is -0.710. The molecule has 2 aromatic carbocycles. The van der Waals surface area contributed by atoms with Crippen molar-refractivity contribution in [2.45, 2.75) is 175 Å². The van der Waals surface area contributed by atoms with Crippen LogP contribution in [0.15, 0.2) is 66.9 Å². The van der Waals surface area contributed by atoms with Gasteiger partial charge in [-0.05, 0) is 42.7 Å². The molecule has 0 radical (unpaired) electrons. The quantitative estimate of drug-likeness (QED) is 0.0641. The first-order valence-corrected chi connectivity index (χ1v) is 18.9. The standard InChI is InChI=1S/C42H67N2/c1-4-6-8-9-10-11-12-13-14-15-16-17-18-19-20-28-34-44-41(35-38(3)40-31-25-22-26-32-40)37-43(33-27-7-5-2)42(44)36-39-29-23-21-24-30-39/h21-26,29-32,37-38H,4-20,27-28,33-36H2,1-3H3/q+1. The van der Waals surface area contributed by atoms with E-state index in [4.69, 9.17) is 0 Å². The van der Waals surface area contributed by atoms with Gasteiger partial charge in [0.2, 0.25) is 0 Å². The molecule has 2 nitrogen and oxygen atoms in total. The molecule has 3 rings (SSSR count). The van der Waals surface area contributed by atoms with E-state index in [1.165, 1.54) is 145 Å². The van der Waals surface area contributed by atoms with Crippen molar-refractivity contribution in [1.29, 1.82) is 0 Å². The summed E-state index contributed by atoms with van der Waals surface area (Å²) >= 11 is 0. The highest BCUT2D eigenvalue weighted by Gasteiger charge is 2.25. The molecule has 244 valence electrons. The Kier molecular flexibility index (Phi) is 18.9. The van der Waals surface area contributed by atoms with Crippen LogP contribution in [0.5, 0.6) is 0 Å². The van der Waals surface area contributed by atoms with Gasteiger partial charge in [-0.2, -0.15) is 0 Å². The van der Waals surface area contributed by atoms with Crippen molar-refractivity contribution in [2.24, 2.45) is 0 Å². The maximum atomic E-state index is 2.72. The molecule has 0 saturated carbocycles. The first-order chi connectivity index (χ1) is 21.7. The van der Waals surface area contributed by atoms with E-state index in [2.05, 4.69) is 96.8 Å². The third-order valence-corrected chi connectivity index (χ3v) is 9.62. The summed E-state index contributed by atoms with van der Waals surface area (Å²) in [7, 11) is 0. The van der Waals surface area contributed by atoms with Gasteiger partial charge in [-0.25, -0.2) is 9.13 Å². The molecule has 2 heteroatoms. The first-order valence-electron chi connectivity index (χ1n) is 18.9. The van der Waals surface area contributed by atoms with Gasteiger partial charge in [-0.3, -0.25) is 0 Å². The van der Waals surface area contributed by atoms with Crippen molar-refractivity contribution in [1.82, 2.24) is 4.57 Å². The predicted octanol–water partition coefficient (Wildman–Crippen LogP) is 12.2. The van der Waals surface area contributed by atoms with Crippen LogP contribution in [0.3, 0.4) is 0 Å². The predicted molar refractivity (Wildman–Crippen MR) is 192 cm³/mol. The molecule has 0 bridgehead atoms. The lowest BCUT2D eigenvalue weighted by atomic mass is 9.96. The molecule has 0 aliphatic carbocycles. The average molecular weight is 600 g/mol. The zero-order valence-electron chi connectivity index (χ0n) is 29.1. The second-order valence-electron chi connectivity index (χ2n) is 13.6. The van der Waals surface area contributed by atoms with Gasteiger partial charge in [0.1, 0.15) is 11.9 Å². The third kappa shape index (κ3) is 14.2. The van der Waals surface area contributed by atoms with Crippen molar-refractivity contribution in [2.75, 3.05) is 0 Å². The van der Waals surface area contributed by atoms with Crippen LogP contribution in [0, 0.1) is 0 Å². The summed E-state index contributed by atoms with van der Waals surface area (Å²) in [5.74, 6) is 2.02. The summed E-state index contributed by atoms with van der Waals surface area (Å²) < 4.78 is 5.34. The average Bonchev–Trinajstić information content (AvgIpc) is 3.36. The number of aryl methyl sites for hydroxylation is 1. The molecule has 1 heterocycles. The topological polar surface area (TPSA) is 8.81 Å². The molecule has 0 aliphatic heterocycles. The van der Waals surface area contributed by atoms with E-state index in [-0.39, 0.29) is 0 Å². The van der Waals surface area contributed by atoms with Crippen molar-refractivity contribution in [3.05, 3.63) is 89.5 Å². The van der Waals surface area contributed by atoms with E-state index in [1.54, 1.807) is 0 Å². The Morgan fingerprint density at radius 3 is 1.59 bits per heavy atom. The van der Waals surface area contributed by atoms with E-state index < -0.39 is 0 Å². The van der Waals surface area contributed by atoms with Crippen LogP contribution in [-0.4, -0.2) is 4.57 Å². The molecule has 0 saturated heterocycles. The largest absolute Gasteiger partial charge is 0.261 e. The van der Waals surface area contributed by atoms with Gasteiger partial charge in [0.25, 0.3) is 5.82 Å². The summed E-state index contributed by atoms with van der Waals surface area (Å²) in [6.45, 7) is 9.30. The molecule has 0 amide bonds. The van der Waals surface area contributed by atoms with Crippen LogP contribution in [0.4, 0.5) is 0 Å². The van der Waals surface area contributed by atoms with Gasteiger partial charge < -0.3 is 0 Å². The number of benzene rings is 2. The molecule has 1 atom stereocenters. The second kappa shape index (κ2) is 23.1. The van der Waals surface area contributed by atoms with Gasteiger partial charge in [-0.1, -0.05) is 178 Å². The number of hydrogen-bond donors (Lipinski definition) is 0. The number of nitrogens with zero attached hydrogens (tertiary/aromatic N) is 2. The zero-order valence-corrected chi connectivity index (χ0v) is 29.1. The fourth-order valence-corrected chi connectivity index (χ4v) is 6.81. The Bertz CT molecular complexity index is 1080. The Hall–Kier alpha value is -2.35. The van der Waals surface area contributed by atoms with Crippen LogP contribution in [0.2, 0.25) is 0 Å². The molecule has 1 aromatic heterocycles. The van der Waals surface area contributed by atoms with Crippen LogP contribution >= 0.6 is 0 Å². The van der Waals surface area contributed by atoms with Gasteiger partial charge >= 0.3 is 0 Å². The van der Waals surface area contributed by atoms with Crippen molar-refractivity contribution >= 4 is 0 Å². The maximum Gasteiger partial charge on any atom is 0.261 e. The number of hydrogen-bond acceptors (Lipinski definition) is 0. The van der Waals surface area contributed by atoms with Crippen molar-refractivity contribution < 1.29 is 4.57 Å². The highest BCUT2D eigenvalue weighted by atomic mass is 15.2. The highest BCUT2D eigenvalue weighted by Crippen LogP contribution is 2.21. The Balaban J connectivity index is 1.49. The smallest absolute Gasteiger partial charge is 0.234 e. The fourth-order valence-electron chi connectivity index (χ4n) is 6.81. The van der Waals surface area contributed by atoms with Gasteiger partial charge in [0, 0.05) is 6.42 Å². The number of aromatic nitrogens is 2. The molecular formula is C42H67N2+. The summed E-state index contributed by atoms with van der Waals surface area (Å²) in [6, 6.07) is 22.2. The van der Waals surface area contributed by atoms with Crippen molar-refractivity contribution in [3.63, 3.8) is 0 Å². The number of unbranched alkanes of at least 4 members (excludes halogenated alkanes) is 17. The molecule has 44 heavy (non-hydrogen) atoms. The van der Waals surface area contributed by atoms with Gasteiger partial charge in [-0.15, -0.1) is 0 Å². The third-order valence-electron chi connectivity index (χ3n) is 9.62. The van der Waals surface area contributed by atoms with Crippen molar-refractivity contribution in [3.8, 4) is 0 Å². The minimum absolute atomic E-state index is 0.518.